The molecule has 0 aliphatic carbocycles. The quantitative estimate of drug-likeness (QED) is 0.802. The van der Waals surface area contributed by atoms with E-state index >= 15 is 0 Å². The first-order chi connectivity index (χ1) is 11.4. The highest BCUT2D eigenvalue weighted by atomic mass is 16.6. The van der Waals surface area contributed by atoms with Crippen molar-refractivity contribution in [2.45, 2.75) is 6.92 Å². The Morgan fingerprint density at radius 2 is 1.62 bits per heavy atom. The predicted molar refractivity (Wildman–Crippen MR) is 86.7 cm³/mol. The van der Waals surface area contributed by atoms with E-state index in [1.54, 1.807) is 19.1 Å². The number of piperazine rings is 1. The highest BCUT2D eigenvalue weighted by Crippen LogP contribution is 2.18. The fourth-order valence-electron chi connectivity index (χ4n) is 2.38. The standard InChI is InChI=1S/C16H21N3O5/c1-3-24-16(23)19-10-8-18(9-11-19)15(22)14(21)17(2)12-4-6-13(20)7-5-12/h4-7,20H,3,8-11H2,1-2H3. The van der Waals surface area contributed by atoms with E-state index in [2.05, 4.69) is 0 Å². The van der Waals surface area contributed by atoms with Crippen molar-refractivity contribution in [3.8, 4) is 5.75 Å². The van der Waals surface area contributed by atoms with Gasteiger partial charge in [-0.05, 0) is 31.2 Å². The van der Waals surface area contributed by atoms with Crippen molar-refractivity contribution in [1.29, 1.82) is 0 Å². The van der Waals surface area contributed by atoms with Gasteiger partial charge in [0.15, 0.2) is 0 Å². The first-order valence-corrected chi connectivity index (χ1v) is 7.71. The van der Waals surface area contributed by atoms with Crippen molar-refractivity contribution in [2.75, 3.05) is 44.7 Å². The second kappa shape index (κ2) is 7.67. The van der Waals surface area contributed by atoms with E-state index in [1.165, 1.54) is 33.9 Å². The molecule has 1 aliphatic heterocycles. The second-order valence-corrected chi connectivity index (χ2v) is 5.36. The van der Waals surface area contributed by atoms with Crippen LogP contribution in [0.15, 0.2) is 24.3 Å². The van der Waals surface area contributed by atoms with Gasteiger partial charge in [-0.25, -0.2) is 4.79 Å². The molecule has 1 aromatic rings. The van der Waals surface area contributed by atoms with Gasteiger partial charge in [0.05, 0.1) is 6.61 Å². The molecule has 2 rings (SSSR count). The van der Waals surface area contributed by atoms with E-state index in [9.17, 15) is 19.5 Å². The molecule has 8 heteroatoms. The monoisotopic (exact) mass is 335 g/mol. The highest BCUT2D eigenvalue weighted by molar-refractivity contribution is 6.40. The van der Waals surface area contributed by atoms with E-state index in [0.717, 1.165) is 0 Å². The summed E-state index contributed by atoms with van der Waals surface area (Å²) in [5.74, 6) is -1.19. The molecule has 0 saturated carbocycles. The Bertz CT molecular complexity index is 609. The van der Waals surface area contributed by atoms with Crippen LogP contribution in [0.3, 0.4) is 0 Å². The van der Waals surface area contributed by atoms with Crippen LogP contribution in [0.2, 0.25) is 0 Å². The van der Waals surface area contributed by atoms with Gasteiger partial charge in [0, 0.05) is 38.9 Å². The van der Waals surface area contributed by atoms with Gasteiger partial charge in [0.2, 0.25) is 0 Å². The molecule has 1 N–H and O–H groups in total. The normalized spacial score (nSPS) is 14.2. The number of rotatable bonds is 2. The molecule has 1 saturated heterocycles. The Morgan fingerprint density at radius 1 is 1.08 bits per heavy atom. The van der Waals surface area contributed by atoms with Crippen LogP contribution in [0.25, 0.3) is 0 Å². The first-order valence-electron chi connectivity index (χ1n) is 7.71. The molecular weight excluding hydrogens is 314 g/mol. The average molecular weight is 335 g/mol. The van der Waals surface area contributed by atoms with E-state index in [0.29, 0.717) is 25.4 Å². The smallest absolute Gasteiger partial charge is 0.409 e. The molecule has 1 fully saturated rings. The lowest BCUT2D eigenvalue weighted by Gasteiger charge is -2.34. The van der Waals surface area contributed by atoms with Crippen LogP contribution in [-0.2, 0) is 14.3 Å². The van der Waals surface area contributed by atoms with Crippen molar-refractivity contribution >= 4 is 23.6 Å². The topological polar surface area (TPSA) is 90.4 Å². The summed E-state index contributed by atoms with van der Waals surface area (Å²) >= 11 is 0. The third kappa shape index (κ3) is 3.95. The summed E-state index contributed by atoms with van der Waals surface area (Å²) in [4.78, 5) is 40.5. The van der Waals surface area contributed by atoms with Gasteiger partial charge in [0.1, 0.15) is 5.75 Å². The van der Waals surface area contributed by atoms with Crippen LogP contribution in [0.4, 0.5) is 10.5 Å². The van der Waals surface area contributed by atoms with Crippen LogP contribution < -0.4 is 4.90 Å². The van der Waals surface area contributed by atoms with E-state index < -0.39 is 17.9 Å². The summed E-state index contributed by atoms with van der Waals surface area (Å²) < 4.78 is 4.92. The number of nitrogens with zero attached hydrogens (tertiary/aromatic N) is 3. The minimum absolute atomic E-state index is 0.0843. The third-order valence-corrected chi connectivity index (χ3v) is 3.82. The third-order valence-electron chi connectivity index (χ3n) is 3.82. The number of amides is 3. The van der Waals surface area contributed by atoms with Gasteiger partial charge in [-0.3, -0.25) is 9.59 Å². The van der Waals surface area contributed by atoms with Crippen LogP contribution >= 0.6 is 0 Å². The van der Waals surface area contributed by atoms with Crippen LogP contribution in [0.5, 0.6) is 5.75 Å². The van der Waals surface area contributed by atoms with Gasteiger partial charge in [0.25, 0.3) is 0 Å². The number of ether oxygens (including phenoxy) is 1. The lowest BCUT2D eigenvalue weighted by molar-refractivity contribution is -0.145. The van der Waals surface area contributed by atoms with E-state index in [-0.39, 0.29) is 18.8 Å². The van der Waals surface area contributed by atoms with Crippen LogP contribution in [-0.4, -0.2) is 72.6 Å². The summed E-state index contributed by atoms with van der Waals surface area (Å²) in [5, 5.41) is 9.28. The molecule has 8 nitrogen and oxygen atoms in total. The number of anilines is 1. The van der Waals surface area contributed by atoms with Gasteiger partial charge >= 0.3 is 17.9 Å². The van der Waals surface area contributed by atoms with Crippen LogP contribution in [0.1, 0.15) is 6.92 Å². The number of hydrogen-bond donors (Lipinski definition) is 1. The maximum absolute atomic E-state index is 12.3. The molecule has 1 aromatic carbocycles. The van der Waals surface area contributed by atoms with Crippen molar-refractivity contribution in [2.24, 2.45) is 0 Å². The van der Waals surface area contributed by atoms with Gasteiger partial charge in [-0.15, -0.1) is 0 Å². The van der Waals surface area contributed by atoms with E-state index in [4.69, 9.17) is 4.74 Å². The fraction of sp³-hybridized carbons (Fsp3) is 0.438. The highest BCUT2D eigenvalue weighted by Gasteiger charge is 2.30. The van der Waals surface area contributed by atoms with Crippen LogP contribution in [0, 0.1) is 0 Å². The molecule has 0 unspecified atom stereocenters. The minimum atomic E-state index is -0.662. The Labute approximate surface area is 140 Å². The lowest BCUT2D eigenvalue weighted by atomic mass is 10.2. The van der Waals surface area contributed by atoms with Crippen molar-refractivity contribution in [3.05, 3.63) is 24.3 Å². The lowest BCUT2D eigenvalue weighted by Crippen LogP contribution is -2.54. The number of carbonyl (C=O) groups excluding carboxylic acids is 3. The number of phenols is 1. The minimum Gasteiger partial charge on any atom is -0.508 e. The summed E-state index contributed by atoms with van der Waals surface area (Å²) in [5.41, 5.74) is 0.510. The number of phenolic OH excluding ortho intramolecular Hbond substituents is 1. The molecule has 24 heavy (non-hydrogen) atoms. The molecular formula is C16H21N3O5. The first kappa shape index (κ1) is 17.6. The molecule has 0 atom stereocenters. The van der Waals surface area contributed by atoms with Gasteiger partial charge < -0.3 is 24.5 Å². The van der Waals surface area contributed by atoms with Crippen molar-refractivity contribution in [1.82, 2.24) is 9.80 Å². The van der Waals surface area contributed by atoms with Gasteiger partial charge in [-0.2, -0.15) is 0 Å². The predicted octanol–water partition coefficient (Wildman–Crippen LogP) is 0.656. The summed E-state index contributed by atoms with van der Waals surface area (Å²) in [7, 11) is 1.50. The summed E-state index contributed by atoms with van der Waals surface area (Å²) in [6.45, 7) is 3.27. The molecule has 0 bridgehead atoms. The number of carbonyl (C=O) groups is 3. The summed E-state index contributed by atoms with van der Waals surface area (Å²) in [6, 6.07) is 6.00. The molecule has 0 spiro atoms. The zero-order chi connectivity index (χ0) is 17.7. The number of hydrogen-bond acceptors (Lipinski definition) is 5. The zero-order valence-electron chi connectivity index (χ0n) is 13.8. The average Bonchev–Trinajstić information content (AvgIpc) is 2.61. The Hall–Kier alpha value is -2.77. The number of aromatic hydroxyl groups is 1. The van der Waals surface area contributed by atoms with E-state index in [1.807, 2.05) is 0 Å². The number of likely N-dealkylation sites (N-methyl/N-ethyl adjacent to an activating group) is 1. The summed E-state index contributed by atoms with van der Waals surface area (Å²) in [6.07, 6.45) is -0.405. The zero-order valence-corrected chi connectivity index (χ0v) is 13.8. The fourth-order valence-corrected chi connectivity index (χ4v) is 2.38. The van der Waals surface area contributed by atoms with Gasteiger partial charge in [-0.1, -0.05) is 0 Å². The molecule has 1 aliphatic rings. The Kier molecular flexibility index (Phi) is 5.62. The van der Waals surface area contributed by atoms with Crippen molar-refractivity contribution < 1.29 is 24.2 Å². The molecule has 0 aromatic heterocycles. The molecule has 0 radical (unpaired) electrons. The molecule has 3 amide bonds. The maximum atomic E-state index is 12.3. The van der Waals surface area contributed by atoms with Crippen molar-refractivity contribution in [3.63, 3.8) is 0 Å². The molecule has 130 valence electrons. The largest absolute Gasteiger partial charge is 0.508 e. The number of benzene rings is 1. The second-order valence-electron chi connectivity index (χ2n) is 5.36. The Balaban J connectivity index is 1.93. The Morgan fingerprint density at radius 3 is 2.17 bits per heavy atom. The molecule has 1 heterocycles. The maximum Gasteiger partial charge on any atom is 0.409 e. The SMILES string of the molecule is CCOC(=O)N1CCN(C(=O)C(=O)N(C)c2ccc(O)cc2)CC1.